The maximum atomic E-state index is 12.2. The van der Waals surface area contributed by atoms with Crippen LogP contribution in [0.25, 0.3) is 0 Å². The Hall–Kier alpha value is -2.36. The fourth-order valence-corrected chi connectivity index (χ4v) is 3.89. The largest absolute Gasteiger partial charge is 0.482 e. The highest BCUT2D eigenvalue weighted by molar-refractivity contribution is 7.10. The Morgan fingerprint density at radius 3 is 2.80 bits per heavy atom. The lowest BCUT2D eigenvalue weighted by molar-refractivity contribution is -0.123. The number of benzene rings is 1. The number of carbonyl (C=O) groups is 1. The Labute approximate surface area is 151 Å². The molecule has 1 saturated heterocycles. The lowest BCUT2D eigenvalue weighted by Crippen LogP contribution is -2.38. The Kier molecular flexibility index (Phi) is 6.04. The van der Waals surface area contributed by atoms with E-state index in [-0.39, 0.29) is 18.6 Å². The van der Waals surface area contributed by atoms with E-state index in [9.17, 15) is 4.79 Å². The monoisotopic (exact) mass is 355 g/mol. The maximum absolute atomic E-state index is 12.2. The molecule has 1 aliphatic heterocycles. The van der Waals surface area contributed by atoms with Crippen LogP contribution in [0.5, 0.6) is 5.75 Å². The second-order valence-electron chi connectivity index (χ2n) is 5.98. The zero-order chi connectivity index (χ0) is 17.5. The Balaban J connectivity index is 1.54. The van der Waals surface area contributed by atoms with E-state index in [1.54, 1.807) is 35.6 Å². The molecule has 1 aromatic heterocycles. The molecule has 130 valence electrons. The number of rotatable bonds is 7. The molecular weight excluding hydrogens is 334 g/mol. The number of ether oxygens (including phenoxy) is 1. The Morgan fingerprint density at radius 1 is 1.28 bits per heavy atom. The summed E-state index contributed by atoms with van der Waals surface area (Å²) in [6, 6.07) is 13.4. The maximum Gasteiger partial charge on any atom is 0.258 e. The van der Waals surface area contributed by atoms with E-state index in [0.29, 0.717) is 17.9 Å². The lowest BCUT2D eigenvalue weighted by atomic mass is 10.2. The first-order chi connectivity index (χ1) is 12.3. The second kappa shape index (κ2) is 8.65. The summed E-state index contributed by atoms with van der Waals surface area (Å²) in [5, 5.41) is 14.1. The number of thiophene rings is 1. The van der Waals surface area contributed by atoms with Crippen molar-refractivity contribution in [2.24, 2.45) is 0 Å². The molecule has 2 aromatic rings. The predicted octanol–water partition coefficient (Wildman–Crippen LogP) is 2.95. The molecule has 1 unspecified atom stereocenters. The Morgan fingerprint density at radius 2 is 2.08 bits per heavy atom. The third kappa shape index (κ3) is 4.59. The van der Waals surface area contributed by atoms with E-state index in [1.165, 1.54) is 17.7 Å². The number of carbonyl (C=O) groups excluding carboxylic acids is 1. The van der Waals surface area contributed by atoms with Gasteiger partial charge < -0.3 is 10.1 Å². The van der Waals surface area contributed by atoms with Crippen molar-refractivity contribution in [3.63, 3.8) is 0 Å². The molecule has 1 aliphatic rings. The zero-order valence-electron chi connectivity index (χ0n) is 14.0. The van der Waals surface area contributed by atoms with Gasteiger partial charge in [0.25, 0.3) is 5.91 Å². The molecule has 25 heavy (non-hydrogen) atoms. The molecule has 0 bridgehead atoms. The highest BCUT2D eigenvalue weighted by atomic mass is 32.1. The molecule has 1 N–H and O–H groups in total. The van der Waals surface area contributed by atoms with Gasteiger partial charge >= 0.3 is 0 Å². The smallest absolute Gasteiger partial charge is 0.258 e. The number of hydrogen-bond acceptors (Lipinski definition) is 5. The summed E-state index contributed by atoms with van der Waals surface area (Å²) in [4.78, 5) is 15.9. The van der Waals surface area contributed by atoms with Gasteiger partial charge in [-0.25, -0.2) is 0 Å². The topological polar surface area (TPSA) is 65.4 Å². The second-order valence-corrected chi connectivity index (χ2v) is 6.95. The van der Waals surface area contributed by atoms with Crippen LogP contribution in [-0.4, -0.2) is 37.0 Å². The van der Waals surface area contributed by atoms with Gasteiger partial charge in [-0.2, -0.15) is 5.26 Å². The van der Waals surface area contributed by atoms with Crippen molar-refractivity contribution in [1.29, 1.82) is 5.26 Å². The van der Waals surface area contributed by atoms with Crippen LogP contribution in [0.4, 0.5) is 0 Å². The van der Waals surface area contributed by atoms with Crippen LogP contribution in [0, 0.1) is 11.3 Å². The molecule has 5 nitrogen and oxygen atoms in total. The van der Waals surface area contributed by atoms with E-state index in [1.807, 2.05) is 6.07 Å². The van der Waals surface area contributed by atoms with Gasteiger partial charge in [0.2, 0.25) is 0 Å². The molecule has 0 radical (unpaired) electrons. The fraction of sp³-hybridized carbons (Fsp3) is 0.368. The first kappa shape index (κ1) is 17.5. The van der Waals surface area contributed by atoms with Gasteiger partial charge in [0.1, 0.15) is 11.8 Å². The summed E-state index contributed by atoms with van der Waals surface area (Å²) in [6.45, 7) is 2.63. The van der Waals surface area contributed by atoms with Crippen LogP contribution in [0.1, 0.15) is 29.3 Å². The summed E-state index contributed by atoms with van der Waals surface area (Å²) in [5.74, 6) is 0.267. The van der Waals surface area contributed by atoms with Crippen molar-refractivity contribution in [3.8, 4) is 11.8 Å². The fourth-order valence-electron chi connectivity index (χ4n) is 3.03. The van der Waals surface area contributed by atoms with Crippen molar-refractivity contribution in [3.05, 3.63) is 52.2 Å². The number of nitriles is 1. The van der Waals surface area contributed by atoms with Gasteiger partial charge in [-0.05, 0) is 49.5 Å². The molecule has 2 heterocycles. The molecule has 1 amide bonds. The normalized spacial score (nSPS) is 15.5. The SMILES string of the molecule is N#Cc1ccccc1OCC(=O)NCC(c1cccs1)N1CCCC1. The number of nitrogens with one attached hydrogen (secondary N) is 1. The molecular formula is C19H21N3O2S. The van der Waals surface area contributed by atoms with Crippen LogP contribution in [0.15, 0.2) is 41.8 Å². The Bertz CT molecular complexity index is 733. The molecule has 6 heteroatoms. The van der Waals surface area contributed by atoms with Gasteiger partial charge in [0, 0.05) is 11.4 Å². The van der Waals surface area contributed by atoms with E-state index in [4.69, 9.17) is 10.00 Å². The molecule has 0 aliphatic carbocycles. The summed E-state index contributed by atoms with van der Waals surface area (Å²) in [7, 11) is 0. The van der Waals surface area contributed by atoms with Crippen LogP contribution in [-0.2, 0) is 4.79 Å². The summed E-state index contributed by atoms with van der Waals surface area (Å²) in [6.07, 6.45) is 2.42. The molecule has 0 spiro atoms. The van der Waals surface area contributed by atoms with Crippen molar-refractivity contribution < 1.29 is 9.53 Å². The summed E-state index contributed by atoms with van der Waals surface area (Å²) < 4.78 is 5.49. The summed E-state index contributed by atoms with van der Waals surface area (Å²) in [5.41, 5.74) is 0.434. The van der Waals surface area contributed by atoms with Gasteiger partial charge in [0.15, 0.2) is 6.61 Å². The van der Waals surface area contributed by atoms with Crippen LogP contribution in [0.3, 0.4) is 0 Å². The van der Waals surface area contributed by atoms with Gasteiger partial charge in [-0.3, -0.25) is 9.69 Å². The third-order valence-electron chi connectivity index (χ3n) is 4.31. The van der Waals surface area contributed by atoms with Crippen molar-refractivity contribution in [2.75, 3.05) is 26.2 Å². The number of hydrogen-bond donors (Lipinski definition) is 1. The summed E-state index contributed by atoms with van der Waals surface area (Å²) >= 11 is 1.72. The highest BCUT2D eigenvalue weighted by Gasteiger charge is 2.24. The first-order valence-corrected chi connectivity index (χ1v) is 9.32. The van der Waals surface area contributed by atoms with Crippen LogP contribution < -0.4 is 10.1 Å². The van der Waals surface area contributed by atoms with E-state index in [0.717, 1.165) is 13.1 Å². The number of likely N-dealkylation sites (tertiary alicyclic amines) is 1. The average molecular weight is 355 g/mol. The molecule has 1 atom stereocenters. The zero-order valence-corrected chi connectivity index (χ0v) is 14.8. The third-order valence-corrected chi connectivity index (χ3v) is 5.29. The molecule has 1 aromatic carbocycles. The minimum atomic E-state index is -0.173. The molecule has 0 saturated carbocycles. The standard InChI is InChI=1S/C19H21N3O2S/c20-12-15-6-1-2-7-17(15)24-14-19(23)21-13-16(18-8-5-11-25-18)22-9-3-4-10-22/h1-2,5-8,11,16H,3-4,9-10,13-14H2,(H,21,23). The number of para-hydroxylation sites is 1. The quantitative estimate of drug-likeness (QED) is 0.829. The number of nitrogens with zero attached hydrogens (tertiary/aromatic N) is 2. The van der Waals surface area contributed by atoms with Crippen molar-refractivity contribution >= 4 is 17.2 Å². The minimum Gasteiger partial charge on any atom is -0.482 e. The van der Waals surface area contributed by atoms with E-state index < -0.39 is 0 Å². The van der Waals surface area contributed by atoms with Crippen molar-refractivity contribution in [2.45, 2.75) is 18.9 Å². The predicted molar refractivity (Wildman–Crippen MR) is 97.5 cm³/mol. The van der Waals surface area contributed by atoms with Crippen molar-refractivity contribution in [1.82, 2.24) is 10.2 Å². The van der Waals surface area contributed by atoms with Gasteiger partial charge in [-0.15, -0.1) is 11.3 Å². The first-order valence-electron chi connectivity index (χ1n) is 8.44. The molecule has 3 rings (SSSR count). The van der Waals surface area contributed by atoms with Gasteiger partial charge in [0.05, 0.1) is 11.6 Å². The van der Waals surface area contributed by atoms with E-state index >= 15 is 0 Å². The minimum absolute atomic E-state index is 0.0874. The highest BCUT2D eigenvalue weighted by Crippen LogP contribution is 2.27. The van der Waals surface area contributed by atoms with Gasteiger partial charge in [-0.1, -0.05) is 18.2 Å². The average Bonchev–Trinajstić information content (AvgIpc) is 3.35. The van der Waals surface area contributed by atoms with Crippen LogP contribution >= 0.6 is 11.3 Å². The molecule has 1 fully saturated rings. The van der Waals surface area contributed by atoms with Crippen LogP contribution in [0.2, 0.25) is 0 Å². The number of amides is 1. The lowest BCUT2D eigenvalue weighted by Gasteiger charge is -2.26. The van der Waals surface area contributed by atoms with E-state index in [2.05, 4.69) is 27.7 Å².